The molecule has 1 amide bonds. The quantitative estimate of drug-likeness (QED) is 0.796. The minimum Gasteiger partial charge on any atom is -0.349 e. The first kappa shape index (κ1) is 12.0. The third-order valence-corrected chi connectivity index (χ3v) is 3.18. The Morgan fingerprint density at radius 2 is 2.35 bits per heavy atom. The number of rotatable bonds is 4. The SMILES string of the molecule is Cc1nccc(CNC(=O)C(C)(N)C2CC2)n1. The Morgan fingerprint density at radius 1 is 1.65 bits per heavy atom. The standard InChI is InChI=1S/C12H18N4O/c1-8-14-6-5-10(16-8)7-15-11(17)12(2,13)9-3-4-9/h5-6,9H,3-4,7,13H2,1-2H3,(H,15,17). The summed E-state index contributed by atoms with van der Waals surface area (Å²) in [5.41, 5.74) is 6.07. The highest BCUT2D eigenvalue weighted by molar-refractivity contribution is 5.86. The summed E-state index contributed by atoms with van der Waals surface area (Å²) < 4.78 is 0. The molecule has 0 spiro atoms. The Morgan fingerprint density at radius 3 is 2.94 bits per heavy atom. The number of nitrogens with zero attached hydrogens (tertiary/aromatic N) is 2. The lowest BCUT2D eigenvalue weighted by Crippen LogP contribution is -2.53. The monoisotopic (exact) mass is 234 g/mol. The van der Waals surface area contributed by atoms with Crippen LogP contribution in [-0.2, 0) is 11.3 Å². The number of amides is 1. The summed E-state index contributed by atoms with van der Waals surface area (Å²) in [7, 11) is 0. The molecule has 1 heterocycles. The molecule has 1 aromatic heterocycles. The molecule has 0 saturated heterocycles. The first-order valence-electron chi connectivity index (χ1n) is 5.86. The van der Waals surface area contributed by atoms with Crippen molar-refractivity contribution < 1.29 is 4.79 Å². The fourth-order valence-corrected chi connectivity index (χ4v) is 1.83. The molecule has 2 rings (SSSR count). The average Bonchev–Trinajstić information content (AvgIpc) is 3.09. The van der Waals surface area contributed by atoms with E-state index in [4.69, 9.17) is 5.73 Å². The van der Waals surface area contributed by atoms with E-state index in [0.717, 1.165) is 18.5 Å². The molecule has 17 heavy (non-hydrogen) atoms. The van der Waals surface area contributed by atoms with Gasteiger partial charge in [-0.3, -0.25) is 4.79 Å². The normalized spacial score (nSPS) is 18.5. The molecule has 0 radical (unpaired) electrons. The van der Waals surface area contributed by atoms with Gasteiger partial charge in [0.2, 0.25) is 5.91 Å². The van der Waals surface area contributed by atoms with Gasteiger partial charge in [-0.1, -0.05) is 0 Å². The largest absolute Gasteiger partial charge is 0.349 e. The van der Waals surface area contributed by atoms with Crippen LogP contribution in [0.1, 0.15) is 31.3 Å². The van der Waals surface area contributed by atoms with E-state index in [9.17, 15) is 4.79 Å². The average molecular weight is 234 g/mol. The van der Waals surface area contributed by atoms with Gasteiger partial charge in [-0.15, -0.1) is 0 Å². The van der Waals surface area contributed by atoms with Crippen LogP contribution in [0.15, 0.2) is 12.3 Å². The predicted octanol–water partition coefficient (Wildman–Crippen LogP) is 0.529. The van der Waals surface area contributed by atoms with Crippen molar-refractivity contribution in [1.82, 2.24) is 15.3 Å². The molecule has 1 atom stereocenters. The van der Waals surface area contributed by atoms with Gasteiger partial charge in [0.1, 0.15) is 5.82 Å². The van der Waals surface area contributed by atoms with Crippen LogP contribution < -0.4 is 11.1 Å². The lowest BCUT2D eigenvalue weighted by molar-refractivity contribution is -0.126. The third-order valence-electron chi connectivity index (χ3n) is 3.18. The smallest absolute Gasteiger partial charge is 0.240 e. The molecule has 5 nitrogen and oxygen atoms in total. The minimum absolute atomic E-state index is 0.101. The van der Waals surface area contributed by atoms with Crippen molar-refractivity contribution in [3.8, 4) is 0 Å². The molecule has 1 saturated carbocycles. The van der Waals surface area contributed by atoms with Crippen LogP contribution >= 0.6 is 0 Å². The highest BCUT2D eigenvalue weighted by Crippen LogP contribution is 2.38. The maximum absolute atomic E-state index is 11.9. The van der Waals surface area contributed by atoms with Crippen LogP contribution in [0.3, 0.4) is 0 Å². The lowest BCUT2D eigenvalue weighted by Gasteiger charge is -2.22. The van der Waals surface area contributed by atoms with Gasteiger partial charge < -0.3 is 11.1 Å². The van der Waals surface area contributed by atoms with Gasteiger partial charge in [-0.25, -0.2) is 9.97 Å². The molecule has 3 N–H and O–H groups in total. The first-order chi connectivity index (χ1) is 8.00. The van der Waals surface area contributed by atoms with Gasteiger partial charge in [0.25, 0.3) is 0 Å². The molecule has 1 aliphatic rings. The Labute approximate surface area is 101 Å². The molecule has 0 bridgehead atoms. The van der Waals surface area contributed by atoms with Gasteiger partial charge in [-0.2, -0.15) is 0 Å². The minimum atomic E-state index is -0.748. The number of carbonyl (C=O) groups is 1. The van der Waals surface area contributed by atoms with Crippen molar-refractivity contribution in [2.45, 2.75) is 38.8 Å². The summed E-state index contributed by atoms with van der Waals surface area (Å²) in [4.78, 5) is 20.2. The van der Waals surface area contributed by atoms with Gasteiger partial charge in [-0.05, 0) is 38.7 Å². The summed E-state index contributed by atoms with van der Waals surface area (Å²) in [5, 5.41) is 2.83. The van der Waals surface area contributed by atoms with Crippen molar-refractivity contribution in [1.29, 1.82) is 0 Å². The molecule has 5 heteroatoms. The van der Waals surface area contributed by atoms with Crippen molar-refractivity contribution in [2.24, 2.45) is 11.7 Å². The Bertz CT molecular complexity index is 426. The molecule has 0 aromatic carbocycles. The molecule has 1 aliphatic carbocycles. The van der Waals surface area contributed by atoms with E-state index in [1.54, 1.807) is 19.2 Å². The molecule has 92 valence electrons. The zero-order chi connectivity index (χ0) is 12.5. The zero-order valence-electron chi connectivity index (χ0n) is 10.2. The second-order valence-corrected chi connectivity index (χ2v) is 4.83. The first-order valence-corrected chi connectivity index (χ1v) is 5.86. The van der Waals surface area contributed by atoms with Crippen molar-refractivity contribution in [3.63, 3.8) is 0 Å². The predicted molar refractivity (Wildman–Crippen MR) is 63.9 cm³/mol. The van der Waals surface area contributed by atoms with Gasteiger partial charge in [0.15, 0.2) is 0 Å². The number of hydrogen-bond donors (Lipinski definition) is 2. The number of aryl methyl sites for hydroxylation is 1. The maximum atomic E-state index is 11.9. The third kappa shape index (κ3) is 2.79. The van der Waals surface area contributed by atoms with Crippen LogP contribution in [0, 0.1) is 12.8 Å². The fourth-order valence-electron chi connectivity index (χ4n) is 1.83. The van der Waals surface area contributed by atoms with E-state index < -0.39 is 5.54 Å². The molecule has 1 unspecified atom stereocenters. The second-order valence-electron chi connectivity index (χ2n) is 4.83. The maximum Gasteiger partial charge on any atom is 0.240 e. The fraction of sp³-hybridized carbons (Fsp3) is 0.583. The van der Waals surface area contributed by atoms with Crippen molar-refractivity contribution in [2.75, 3.05) is 0 Å². The second kappa shape index (κ2) is 4.41. The number of aromatic nitrogens is 2. The Balaban J connectivity index is 1.92. The van der Waals surface area contributed by atoms with Crippen molar-refractivity contribution in [3.05, 3.63) is 23.8 Å². The van der Waals surface area contributed by atoms with E-state index >= 15 is 0 Å². The molecule has 1 fully saturated rings. The van der Waals surface area contributed by atoms with Crippen LogP contribution in [0.25, 0.3) is 0 Å². The Hall–Kier alpha value is -1.49. The highest BCUT2D eigenvalue weighted by Gasteiger charge is 2.43. The summed E-state index contributed by atoms with van der Waals surface area (Å²) in [5.74, 6) is 0.931. The molecule has 1 aromatic rings. The molecule has 0 aliphatic heterocycles. The van der Waals surface area contributed by atoms with E-state index in [1.165, 1.54) is 0 Å². The topological polar surface area (TPSA) is 80.9 Å². The van der Waals surface area contributed by atoms with Crippen molar-refractivity contribution >= 4 is 5.91 Å². The highest BCUT2D eigenvalue weighted by atomic mass is 16.2. The van der Waals surface area contributed by atoms with Crippen LogP contribution in [0.5, 0.6) is 0 Å². The van der Waals surface area contributed by atoms with Gasteiger partial charge in [0, 0.05) is 6.20 Å². The van der Waals surface area contributed by atoms with E-state index in [1.807, 2.05) is 6.92 Å². The van der Waals surface area contributed by atoms with Crippen LogP contribution in [0.4, 0.5) is 0 Å². The zero-order valence-corrected chi connectivity index (χ0v) is 10.2. The van der Waals surface area contributed by atoms with E-state index in [-0.39, 0.29) is 5.91 Å². The van der Waals surface area contributed by atoms with Crippen LogP contribution in [0.2, 0.25) is 0 Å². The van der Waals surface area contributed by atoms with E-state index in [2.05, 4.69) is 15.3 Å². The van der Waals surface area contributed by atoms with E-state index in [0.29, 0.717) is 18.3 Å². The van der Waals surface area contributed by atoms with Crippen LogP contribution in [-0.4, -0.2) is 21.4 Å². The summed E-state index contributed by atoms with van der Waals surface area (Å²) >= 11 is 0. The number of hydrogen-bond acceptors (Lipinski definition) is 4. The van der Waals surface area contributed by atoms with Gasteiger partial charge in [0.05, 0.1) is 17.8 Å². The number of nitrogens with one attached hydrogen (secondary N) is 1. The van der Waals surface area contributed by atoms with Gasteiger partial charge >= 0.3 is 0 Å². The summed E-state index contributed by atoms with van der Waals surface area (Å²) in [6.07, 6.45) is 3.78. The lowest BCUT2D eigenvalue weighted by atomic mass is 9.96. The number of carbonyl (C=O) groups excluding carboxylic acids is 1. The Kier molecular flexibility index (Phi) is 3.11. The summed E-state index contributed by atoms with van der Waals surface area (Å²) in [6.45, 7) is 4.02. The molecular formula is C12H18N4O. The molecular weight excluding hydrogens is 216 g/mol. The number of nitrogens with two attached hydrogens (primary N) is 1. The summed E-state index contributed by atoms with van der Waals surface area (Å²) in [6, 6.07) is 1.79.